The number of carbonyl (C=O) groups excluding carboxylic acids is 3. The zero-order chi connectivity index (χ0) is 27.8. The van der Waals surface area contributed by atoms with Gasteiger partial charge in [-0.05, 0) is 35.3 Å². The highest BCUT2D eigenvalue weighted by molar-refractivity contribution is 5.94. The summed E-state index contributed by atoms with van der Waals surface area (Å²) < 4.78 is 5.40. The average Bonchev–Trinajstić information content (AvgIpc) is 2.95. The monoisotopic (exact) mass is 528 g/mol. The number of piperazine rings is 1. The number of nitrogens with one attached hydrogen (secondary N) is 1. The van der Waals surface area contributed by atoms with E-state index >= 15 is 0 Å². The highest BCUT2D eigenvalue weighted by Crippen LogP contribution is 2.35. The fraction of sp³-hybridized carbons (Fsp3) is 0.207. The van der Waals surface area contributed by atoms with Crippen molar-refractivity contribution in [2.75, 3.05) is 19.6 Å². The molecule has 1 atom stereocenters. The van der Waals surface area contributed by atoms with Gasteiger partial charge in [0.15, 0.2) is 0 Å². The van der Waals surface area contributed by atoms with Crippen LogP contribution in [-0.4, -0.2) is 58.9 Å². The lowest BCUT2D eigenvalue weighted by molar-refractivity contribution is -0.384. The number of hydrogen-bond acceptors (Lipinski definition) is 6. The molecular weight excluding hydrogens is 500 g/mol. The van der Waals surface area contributed by atoms with Crippen molar-refractivity contribution in [1.29, 1.82) is 0 Å². The summed E-state index contributed by atoms with van der Waals surface area (Å²) >= 11 is 0. The smallest absolute Gasteiger partial charge is 0.411 e. The van der Waals surface area contributed by atoms with Crippen LogP contribution in [0.1, 0.15) is 16.7 Å². The maximum atomic E-state index is 13.1. The van der Waals surface area contributed by atoms with Crippen LogP contribution in [0.2, 0.25) is 0 Å². The van der Waals surface area contributed by atoms with Crippen molar-refractivity contribution in [3.63, 3.8) is 0 Å². The van der Waals surface area contributed by atoms with Gasteiger partial charge in [-0.1, -0.05) is 66.7 Å². The van der Waals surface area contributed by atoms with Crippen molar-refractivity contribution < 1.29 is 24.0 Å². The molecule has 0 radical (unpaired) electrons. The Morgan fingerprint density at radius 3 is 2.51 bits per heavy atom. The Hall–Kier alpha value is -4.99. The maximum absolute atomic E-state index is 13.1. The van der Waals surface area contributed by atoms with Gasteiger partial charge in [-0.15, -0.1) is 0 Å². The van der Waals surface area contributed by atoms with Gasteiger partial charge >= 0.3 is 6.09 Å². The summed E-state index contributed by atoms with van der Waals surface area (Å²) in [6.45, 7) is 2.39. The average molecular weight is 529 g/mol. The van der Waals surface area contributed by atoms with E-state index in [1.54, 1.807) is 18.2 Å². The van der Waals surface area contributed by atoms with Crippen LogP contribution >= 0.6 is 0 Å². The lowest BCUT2D eigenvalue weighted by Crippen LogP contribution is -2.61. The van der Waals surface area contributed by atoms with E-state index in [-0.39, 0.29) is 37.8 Å². The maximum Gasteiger partial charge on any atom is 0.411 e. The van der Waals surface area contributed by atoms with Gasteiger partial charge in [0, 0.05) is 25.2 Å². The zero-order valence-electron chi connectivity index (χ0n) is 21.4. The summed E-state index contributed by atoms with van der Waals surface area (Å²) in [4.78, 5) is 51.3. The van der Waals surface area contributed by atoms with E-state index in [4.69, 9.17) is 4.74 Å². The van der Waals surface area contributed by atoms with Crippen LogP contribution in [0, 0.1) is 17.0 Å². The molecule has 1 unspecified atom stereocenters. The summed E-state index contributed by atoms with van der Waals surface area (Å²) in [7, 11) is 0. The number of benzene rings is 3. The van der Waals surface area contributed by atoms with Crippen molar-refractivity contribution in [2.45, 2.75) is 19.7 Å². The predicted octanol–water partition coefficient (Wildman–Crippen LogP) is 4.14. The minimum Gasteiger partial charge on any atom is -0.444 e. The first-order valence-electron chi connectivity index (χ1n) is 12.4. The first kappa shape index (κ1) is 27.1. The van der Waals surface area contributed by atoms with E-state index in [1.807, 2.05) is 61.5 Å². The van der Waals surface area contributed by atoms with Crippen molar-refractivity contribution in [3.05, 3.63) is 106 Å². The molecule has 0 saturated carbocycles. The van der Waals surface area contributed by atoms with Crippen LogP contribution in [0.3, 0.4) is 0 Å². The molecule has 200 valence electrons. The van der Waals surface area contributed by atoms with Crippen molar-refractivity contribution >= 4 is 30.2 Å². The van der Waals surface area contributed by atoms with E-state index < -0.39 is 17.2 Å². The summed E-state index contributed by atoms with van der Waals surface area (Å²) in [5.41, 5.74) is 3.29. The first-order valence-corrected chi connectivity index (χ1v) is 12.4. The van der Waals surface area contributed by atoms with Crippen molar-refractivity contribution in [1.82, 2.24) is 15.1 Å². The van der Waals surface area contributed by atoms with Crippen molar-refractivity contribution in [3.8, 4) is 11.1 Å². The number of carbonyl (C=O) groups is 3. The molecule has 10 nitrogen and oxygen atoms in total. The third-order valence-corrected chi connectivity index (χ3v) is 6.48. The Morgan fingerprint density at radius 2 is 1.79 bits per heavy atom. The second-order valence-corrected chi connectivity index (χ2v) is 8.96. The third kappa shape index (κ3) is 6.48. The Morgan fingerprint density at radius 1 is 1.05 bits per heavy atom. The molecule has 1 aliphatic heterocycles. The molecule has 1 N–H and O–H groups in total. The Labute approximate surface area is 225 Å². The number of nitrogens with zero attached hydrogens (tertiary/aromatic N) is 3. The van der Waals surface area contributed by atoms with Gasteiger partial charge in [-0.25, -0.2) is 4.79 Å². The molecule has 1 saturated heterocycles. The second-order valence-electron chi connectivity index (χ2n) is 8.96. The molecule has 3 aromatic carbocycles. The molecule has 39 heavy (non-hydrogen) atoms. The number of hydrogen-bond donors (Lipinski definition) is 1. The summed E-state index contributed by atoms with van der Waals surface area (Å²) in [5, 5.41) is 14.4. The molecule has 4 rings (SSSR count). The predicted molar refractivity (Wildman–Crippen MR) is 145 cm³/mol. The van der Waals surface area contributed by atoms with Crippen LogP contribution in [0.15, 0.2) is 78.9 Å². The molecule has 1 heterocycles. The fourth-order valence-corrected chi connectivity index (χ4v) is 4.49. The van der Waals surface area contributed by atoms with Crippen LogP contribution in [0.25, 0.3) is 17.2 Å². The lowest BCUT2D eigenvalue weighted by atomic mass is 9.94. The molecule has 0 aromatic heterocycles. The van der Waals surface area contributed by atoms with Crippen molar-refractivity contribution in [2.24, 2.45) is 0 Å². The van der Waals surface area contributed by atoms with E-state index in [1.165, 1.54) is 21.9 Å². The largest absolute Gasteiger partial charge is 0.444 e. The van der Waals surface area contributed by atoms with Crippen LogP contribution in [-0.2, 0) is 20.9 Å². The van der Waals surface area contributed by atoms with Gasteiger partial charge < -0.3 is 15.0 Å². The molecule has 0 aliphatic carbocycles. The minimum absolute atomic E-state index is 0.0575. The summed E-state index contributed by atoms with van der Waals surface area (Å²) in [6, 6.07) is 21.3. The van der Waals surface area contributed by atoms with E-state index in [0.717, 1.165) is 11.1 Å². The molecule has 0 spiro atoms. The zero-order valence-corrected chi connectivity index (χ0v) is 21.4. The fourth-order valence-electron chi connectivity index (χ4n) is 4.49. The summed E-state index contributed by atoms with van der Waals surface area (Å²) in [5.74, 6) is -0.354. The SMILES string of the molecule is Cc1ccccc1-c1c(/C=C/C(=O)N2CCN(C(=O)OCc3ccccc3)C(NC=O)C2)cccc1[N+](=O)[O-]. The summed E-state index contributed by atoms with van der Waals surface area (Å²) in [6.07, 6.45) is 2.02. The van der Waals surface area contributed by atoms with Crippen LogP contribution in [0.5, 0.6) is 0 Å². The third-order valence-electron chi connectivity index (χ3n) is 6.48. The normalized spacial score (nSPS) is 15.2. The van der Waals surface area contributed by atoms with E-state index in [0.29, 0.717) is 23.1 Å². The highest BCUT2D eigenvalue weighted by Gasteiger charge is 2.32. The van der Waals surface area contributed by atoms with Gasteiger partial charge in [0.2, 0.25) is 12.3 Å². The quantitative estimate of drug-likeness (QED) is 0.203. The van der Waals surface area contributed by atoms with Gasteiger partial charge in [0.05, 0.1) is 17.0 Å². The molecule has 0 bridgehead atoms. The number of nitro benzene ring substituents is 1. The van der Waals surface area contributed by atoms with Crippen LogP contribution < -0.4 is 5.32 Å². The topological polar surface area (TPSA) is 122 Å². The number of amides is 3. The Bertz CT molecular complexity index is 1390. The highest BCUT2D eigenvalue weighted by atomic mass is 16.6. The van der Waals surface area contributed by atoms with Gasteiger partial charge in [-0.2, -0.15) is 0 Å². The first-order chi connectivity index (χ1) is 18.9. The lowest BCUT2D eigenvalue weighted by Gasteiger charge is -2.39. The Kier molecular flexibility index (Phi) is 8.67. The number of aryl methyl sites for hydroxylation is 1. The molecule has 3 aromatic rings. The Balaban J connectivity index is 1.49. The number of rotatable bonds is 8. The molecule has 1 aliphatic rings. The van der Waals surface area contributed by atoms with Gasteiger partial charge in [-0.3, -0.25) is 24.6 Å². The standard InChI is InChI=1S/C29H28N4O6/c1-21-8-5-6-12-24(21)28-23(11-7-13-25(28)33(37)38)14-15-27(35)31-16-17-32(26(18-31)30-20-34)29(36)39-19-22-9-3-2-4-10-22/h2-15,20,26H,16-19H2,1H3,(H,30,34)/b15-14+. The van der Waals surface area contributed by atoms with Gasteiger partial charge in [0.25, 0.3) is 5.69 Å². The minimum atomic E-state index is -0.766. The van der Waals surface area contributed by atoms with E-state index in [2.05, 4.69) is 5.32 Å². The van der Waals surface area contributed by atoms with Crippen LogP contribution in [0.4, 0.5) is 10.5 Å². The van der Waals surface area contributed by atoms with E-state index in [9.17, 15) is 24.5 Å². The number of nitro groups is 1. The molecular formula is C29H28N4O6. The molecule has 3 amide bonds. The molecule has 10 heteroatoms. The number of ether oxygens (including phenoxy) is 1. The molecule has 1 fully saturated rings. The van der Waals surface area contributed by atoms with Gasteiger partial charge in [0.1, 0.15) is 12.8 Å². The second kappa shape index (κ2) is 12.5.